The fourth-order valence-corrected chi connectivity index (χ4v) is 1.81. The second kappa shape index (κ2) is 7.09. The molecular weight excluding hydrogens is 306 g/mol. The highest BCUT2D eigenvalue weighted by molar-refractivity contribution is 9.10. The summed E-state index contributed by atoms with van der Waals surface area (Å²) in [7, 11) is 0. The highest BCUT2D eigenvalue weighted by Gasteiger charge is 2.06. The summed E-state index contributed by atoms with van der Waals surface area (Å²) < 4.78 is 6.46. The van der Waals surface area contributed by atoms with Crippen molar-refractivity contribution in [2.24, 2.45) is 0 Å². The van der Waals surface area contributed by atoms with Crippen molar-refractivity contribution in [3.63, 3.8) is 0 Å². The fourth-order valence-electron chi connectivity index (χ4n) is 1.50. The molecule has 0 radical (unpaired) electrons. The van der Waals surface area contributed by atoms with Crippen LogP contribution in [0.4, 0.5) is 5.95 Å². The van der Waals surface area contributed by atoms with Gasteiger partial charge in [0.15, 0.2) is 0 Å². The lowest BCUT2D eigenvalue weighted by atomic mass is 10.2. The van der Waals surface area contributed by atoms with Crippen molar-refractivity contribution in [2.75, 3.05) is 11.9 Å². The van der Waals surface area contributed by atoms with Crippen LogP contribution in [0, 0.1) is 0 Å². The summed E-state index contributed by atoms with van der Waals surface area (Å²) in [5.41, 5.74) is 1.11. The Kier molecular flexibility index (Phi) is 5.15. The van der Waals surface area contributed by atoms with Crippen LogP contribution in [-0.4, -0.2) is 16.5 Å². The smallest absolute Gasteiger partial charge is 0.233 e. The molecule has 0 amide bonds. The van der Waals surface area contributed by atoms with E-state index in [-0.39, 0.29) is 0 Å². The van der Waals surface area contributed by atoms with E-state index in [2.05, 4.69) is 38.1 Å². The number of ether oxygens (including phenoxy) is 1. The third-order valence-electron chi connectivity index (χ3n) is 2.46. The fraction of sp³-hybridized carbons (Fsp3) is 0.286. The maximum absolute atomic E-state index is 5.71. The van der Waals surface area contributed by atoms with Gasteiger partial charge >= 0.3 is 0 Å². The van der Waals surface area contributed by atoms with Gasteiger partial charge in [0.05, 0.1) is 10.7 Å². The zero-order valence-corrected chi connectivity index (χ0v) is 12.4. The molecule has 100 valence electrons. The number of nitrogens with one attached hydrogen (secondary N) is 1. The number of nitrogens with zero attached hydrogens (tertiary/aromatic N) is 2. The van der Waals surface area contributed by atoms with Gasteiger partial charge in [-0.05, 0) is 27.9 Å². The summed E-state index contributed by atoms with van der Waals surface area (Å²) in [5, 5.41) is 3.14. The van der Waals surface area contributed by atoms with Crippen molar-refractivity contribution in [1.82, 2.24) is 9.97 Å². The van der Waals surface area contributed by atoms with E-state index in [1.54, 1.807) is 6.20 Å². The molecule has 2 aromatic rings. The number of rotatable bonds is 6. The quantitative estimate of drug-likeness (QED) is 0.882. The van der Waals surface area contributed by atoms with Crippen molar-refractivity contribution in [3.05, 3.63) is 46.6 Å². The van der Waals surface area contributed by atoms with E-state index in [0.717, 1.165) is 23.0 Å². The molecule has 1 N–H and O–H groups in total. The SMILES string of the molecule is CCCNc1ncc(Br)c(OCc2ccccc2)n1. The van der Waals surface area contributed by atoms with Crippen LogP contribution in [0.5, 0.6) is 5.88 Å². The minimum absolute atomic E-state index is 0.490. The zero-order chi connectivity index (χ0) is 13.5. The molecule has 0 aliphatic rings. The number of anilines is 1. The van der Waals surface area contributed by atoms with E-state index in [9.17, 15) is 0 Å². The van der Waals surface area contributed by atoms with E-state index in [0.29, 0.717) is 18.4 Å². The Hall–Kier alpha value is -1.62. The Bertz CT molecular complexity index is 519. The Morgan fingerprint density at radius 1 is 1.26 bits per heavy atom. The normalized spacial score (nSPS) is 10.2. The molecule has 2 rings (SSSR count). The molecule has 1 heterocycles. The molecule has 0 fully saturated rings. The molecule has 0 saturated heterocycles. The monoisotopic (exact) mass is 321 g/mol. The third-order valence-corrected chi connectivity index (χ3v) is 3.01. The Morgan fingerprint density at radius 3 is 2.79 bits per heavy atom. The summed E-state index contributed by atoms with van der Waals surface area (Å²) in [6.45, 7) is 3.43. The Morgan fingerprint density at radius 2 is 2.05 bits per heavy atom. The molecule has 4 nitrogen and oxygen atoms in total. The van der Waals surface area contributed by atoms with Gasteiger partial charge in [-0.25, -0.2) is 4.98 Å². The number of halogens is 1. The first-order chi connectivity index (χ1) is 9.29. The van der Waals surface area contributed by atoms with E-state index < -0.39 is 0 Å². The van der Waals surface area contributed by atoms with Crippen LogP contribution in [0.25, 0.3) is 0 Å². The highest BCUT2D eigenvalue weighted by Crippen LogP contribution is 2.23. The Balaban J connectivity index is 2.02. The molecule has 0 aliphatic heterocycles. The predicted octanol–water partition coefficient (Wildman–Crippen LogP) is 3.64. The van der Waals surface area contributed by atoms with Gasteiger partial charge in [0.25, 0.3) is 0 Å². The average molecular weight is 322 g/mol. The first-order valence-electron chi connectivity index (χ1n) is 6.22. The number of aromatic nitrogens is 2. The molecule has 5 heteroatoms. The number of hydrogen-bond acceptors (Lipinski definition) is 4. The van der Waals surface area contributed by atoms with Crippen molar-refractivity contribution in [2.45, 2.75) is 20.0 Å². The van der Waals surface area contributed by atoms with Crippen LogP contribution in [0.15, 0.2) is 41.0 Å². The van der Waals surface area contributed by atoms with Gasteiger partial charge in [-0.15, -0.1) is 0 Å². The van der Waals surface area contributed by atoms with E-state index >= 15 is 0 Å². The predicted molar refractivity (Wildman–Crippen MR) is 79.3 cm³/mol. The molecule has 0 saturated carbocycles. The Labute approximate surface area is 121 Å². The lowest BCUT2D eigenvalue weighted by Gasteiger charge is -2.09. The number of benzene rings is 1. The second-order valence-electron chi connectivity index (χ2n) is 4.05. The number of hydrogen-bond donors (Lipinski definition) is 1. The zero-order valence-electron chi connectivity index (χ0n) is 10.8. The molecule has 0 bridgehead atoms. The van der Waals surface area contributed by atoms with Gasteiger partial charge in [0, 0.05) is 6.54 Å². The van der Waals surface area contributed by atoms with Crippen LogP contribution < -0.4 is 10.1 Å². The van der Waals surface area contributed by atoms with Gasteiger partial charge in [-0.3, -0.25) is 0 Å². The summed E-state index contributed by atoms with van der Waals surface area (Å²) in [4.78, 5) is 8.52. The van der Waals surface area contributed by atoms with Crippen molar-refractivity contribution >= 4 is 21.9 Å². The van der Waals surface area contributed by atoms with Crippen molar-refractivity contribution < 1.29 is 4.74 Å². The first kappa shape index (κ1) is 13.8. The molecule has 19 heavy (non-hydrogen) atoms. The molecule has 0 unspecified atom stereocenters. The van der Waals surface area contributed by atoms with Crippen LogP contribution in [0.1, 0.15) is 18.9 Å². The minimum Gasteiger partial charge on any atom is -0.472 e. The van der Waals surface area contributed by atoms with Gasteiger partial charge < -0.3 is 10.1 Å². The van der Waals surface area contributed by atoms with Gasteiger partial charge in [-0.1, -0.05) is 37.3 Å². The van der Waals surface area contributed by atoms with E-state index in [4.69, 9.17) is 4.74 Å². The average Bonchev–Trinajstić information content (AvgIpc) is 2.46. The van der Waals surface area contributed by atoms with E-state index in [1.807, 2.05) is 30.3 Å². The lowest BCUT2D eigenvalue weighted by molar-refractivity contribution is 0.291. The third kappa shape index (κ3) is 4.21. The van der Waals surface area contributed by atoms with Crippen LogP contribution >= 0.6 is 15.9 Å². The second-order valence-corrected chi connectivity index (χ2v) is 4.90. The van der Waals surface area contributed by atoms with Crippen molar-refractivity contribution in [1.29, 1.82) is 0 Å². The minimum atomic E-state index is 0.490. The molecular formula is C14H16BrN3O. The van der Waals surface area contributed by atoms with Crippen LogP contribution in [0.2, 0.25) is 0 Å². The molecule has 1 aromatic carbocycles. The lowest BCUT2D eigenvalue weighted by Crippen LogP contribution is -2.06. The first-order valence-corrected chi connectivity index (χ1v) is 7.02. The molecule has 1 aromatic heterocycles. The summed E-state index contributed by atoms with van der Waals surface area (Å²) in [6.07, 6.45) is 2.73. The summed E-state index contributed by atoms with van der Waals surface area (Å²) in [5.74, 6) is 1.14. The summed E-state index contributed by atoms with van der Waals surface area (Å²) >= 11 is 3.39. The topological polar surface area (TPSA) is 47.0 Å². The highest BCUT2D eigenvalue weighted by atomic mass is 79.9. The summed E-state index contributed by atoms with van der Waals surface area (Å²) in [6, 6.07) is 10.00. The van der Waals surface area contributed by atoms with Crippen molar-refractivity contribution in [3.8, 4) is 5.88 Å². The van der Waals surface area contributed by atoms with Gasteiger partial charge in [0.1, 0.15) is 6.61 Å². The van der Waals surface area contributed by atoms with E-state index in [1.165, 1.54) is 0 Å². The maximum atomic E-state index is 5.71. The van der Waals surface area contributed by atoms with Gasteiger partial charge in [0.2, 0.25) is 11.8 Å². The van der Waals surface area contributed by atoms with Crippen LogP contribution in [-0.2, 0) is 6.61 Å². The largest absolute Gasteiger partial charge is 0.472 e. The van der Waals surface area contributed by atoms with Crippen LogP contribution in [0.3, 0.4) is 0 Å². The molecule has 0 aliphatic carbocycles. The van der Waals surface area contributed by atoms with Gasteiger partial charge in [-0.2, -0.15) is 4.98 Å². The molecule has 0 atom stereocenters. The molecule has 0 spiro atoms. The standard InChI is InChI=1S/C14H16BrN3O/c1-2-8-16-14-17-9-12(15)13(18-14)19-10-11-6-4-3-5-7-11/h3-7,9H,2,8,10H2,1H3,(H,16,17,18). The maximum Gasteiger partial charge on any atom is 0.233 e.